The van der Waals surface area contributed by atoms with Crippen molar-refractivity contribution in [2.45, 2.75) is 44.1 Å². The molecule has 0 bridgehead atoms. The van der Waals surface area contributed by atoms with E-state index in [1.54, 1.807) is 0 Å². The minimum Gasteiger partial charge on any atom is -0.396 e. The molecule has 1 amide bonds. The summed E-state index contributed by atoms with van der Waals surface area (Å²) in [6, 6.07) is 4.16. The molecule has 1 atom stereocenters. The van der Waals surface area contributed by atoms with Gasteiger partial charge in [0.15, 0.2) is 0 Å². The Morgan fingerprint density at radius 2 is 1.62 bits per heavy atom. The van der Waals surface area contributed by atoms with Gasteiger partial charge in [0.05, 0.1) is 22.9 Å². The van der Waals surface area contributed by atoms with E-state index >= 15 is 0 Å². The molecule has 0 unspecified atom stereocenters. The van der Waals surface area contributed by atoms with Crippen LogP contribution in [0, 0.1) is 11.8 Å². The number of rotatable bonds is 5. The average Bonchev–Trinajstić information content (AvgIpc) is 2.76. The maximum Gasteiger partial charge on any atom is 0.418 e. The summed E-state index contributed by atoms with van der Waals surface area (Å²) in [5.74, 6) is -0.879. The van der Waals surface area contributed by atoms with Gasteiger partial charge in [-0.3, -0.25) is 9.78 Å². The number of aliphatic hydroxyl groups excluding tert-OH is 1. The number of aromatic nitrogens is 1. The Morgan fingerprint density at radius 1 is 1.00 bits per heavy atom. The Morgan fingerprint density at radius 3 is 2.16 bits per heavy atom. The number of halogens is 6. The van der Waals surface area contributed by atoms with Crippen LogP contribution in [0.2, 0.25) is 0 Å². The van der Waals surface area contributed by atoms with Crippen molar-refractivity contribution >= 4 is 5.91 Å². The molecule has 32 heavy (non-hydrogen) atoms. The molecular formula is C22H22F6N2O2. The molecule has 1 saturated carbocycles. The number of carbonyl (C=O) groups excluding carboxylic acids is 1. The summed E-state index contributed by atoms with van der Waals surface area (Å²) in [6.07, 6.45) is -6.09. The van der Waals surface area contributed by atoms with Crippen LogP contribution < -0.4 is 5.32 Å². The number of hydrogen-bond acceptors (Lipinski definition) is 3. The number of amides is 1. The van der Waals surface area contributed by atoms with Crippen LogP contribution in [0.3, 0.4) is 0 Å². The molecule has 0 saturated heterocycles. The Labute approximate surface area is 180 Å². The third kappa shape index (κ3) is 5.59. The number of nitrogens with zero attached hydrogens (tertiary/aromatic N) is 1. The molecule has 10 heteroatoms. The molecule has 1 aliphatic rings. The van der Waals surface area contributed by atoms with Gasteiger partial charge in [-0.05, 0) is 61.4 Å². The van der Waals surface area contributed by atoms with E-state index in [2.05, 4.69) is 10.3 Å². The maximum atomic E-state index is 13.6. The van der Waals surface area contributed by atoms with Gasteiger partial charge in [0, 0.05) is 18.7 Å². The summed E-state index contributed by atoms with van der Waals surface area (Å²) in [5.41, 5.74) is -2.46. The highest BCUT2D eigenvalue weighted by atomic mass is 19.4. The third-order valence-electron chi connectivity index (χ3n) is 5.75. The molecule has 1 heterocycles. The van der Waals surface area contributed by atoms with Crippen molar-refractivity contribution in [1.29, 1.82) is 0 Å². The van der Waals surface area contributed by atoms with Crippen molar-refractivity contribution in [2.75, 3.05) is 6.61 Å². The van der Waals surface area contributed by atoms with Crippen LogP contribution in [0.1, 0.15) is 54.1 Å². The first-order valence-corrected chi connectivity index (χ1v) is 10.1. The van der Waals surface area contributed by atoms with E-state index in [0.29, 0.717) is 25.7 Å². The largest absolute Gasteiger partial charge is 0.418 e. The quantitative estimate of drug-likeness (QED) is 0.609. The van der Waals surface area contributed by atoms with Crippen LogP contribution >= 0.6 is 0 Å². The number of benzene rings is 1. The first-order valence-electron chi connectivity index (χ1n) is 10.1. The SMILES string of the molecule is O=C(N[C@@H](c1ccc(C(F)(F)F)cc1)c1ncccc1C(F)(F)F)[C@H]1CC[C@@H](CO)CC1. The van der Waals surface area contributed by atoms with Crippen molar-refractivity contribution in [3.8, 4) is 0 Å². The zero-order chi connectivity index (χ0) is 23.5. The number of pyridine rings is 1. The van der Waals surface area contributed by atoms with Crippen LogP contribution in [-0.2, 0) is 17.1 Å². The molecule has 0 radical (unpaired) electrons. The Bertz CT molecular complexity index is 919. The van der Waals surface area contributed by atoms with Crippen molar-refractivity contribution in [2.24, 2.45) is 11.8 Å². The minimum atomic E-state index is -4.77. The molecule has 4 nitrogen and oxygen atoms in total. The second-order valence-electron chi connectivity index (χ2n) is 7.90. The van der Waals surface area contributed by atoms with E-state index in [4.69, 9.17) is 0 Å². The smallest absolute Gasteiger partial charge is 0.396 e. The number of alkyl halides is 6. The molecule has 1 aromatic carbocycles. The third-order valence-corrected chi connectivity index (χ3v) is 5.75. The number of nitrogens with one attached hydrogen (secondary N) is 1. The van der Waals surface area contributed by atoms with E-state index in [9.17, 15) is 36.2 Å². The molecule has 2 N–H and O–H groups in total. The summed E-state index contributed by atoms with van der Waals surface area (Å²) in [6.45, 7) is 0.00535. The normalized spacial score (nSPS) is 20.6. The lowest BCUT2D eigenvalue weighted by Crippen LogP contribution is -2.37. The summed E-state index contributed by atoms with van der Waals surface area (Å²) < 4.78 is 79.6. The summed E-state index contributed by atoms with van der Waals surface area (Å²) >= 11 is 0. The van der Waals surface area contributed by atoms with E-state index in [1.807, 2.05) is 0 Å². The number of hydrogen-bond donors (Lipinski definition) is 2. The van der Waals surface area contributed by atoms with Crippen molar-refractivity contribution in [1.82, 2.24) is 10.3 Å². The zero-order valence-electron chi connectivity index (χ0n) is 16.9. The minimum absolute atomic E-state index is 0.00535. The van der Waals surface area contributed by atoms with Crippen LogP contribution in [0.25, 0.3) is 0 Å². The van der Waals surface area contributed by atoms with Gasteiger partial charge >= 0.3 is 12.4 Å². The van der Waals surface area contributed by atoms with Gasteiger partial charge in [0.25, 0.3) is 0 Å². The predicted octanol–water partition coefficient (Wildman–Crippen LogP) is 5.12. The molecule has 1 aromatic heterocycles. The fraction of sp³-hybridized carbons (Fsp3) is 0.455. The monoisotopic (exact) mass is 460 g/mol. The van der Waals surface area contributed by atoms with E-state index in [-0.39, 0.29) is 18.1 Å². The van der Waals surface area contributed by atoms with Gasteiger partial charge in [-0.2, -0.15) is 26.3 Å². The van der Waals surface area contributed by atoms with Crippen LogP contribution in [0.4, 0.5) is 26.3 Å². The highest BCUT2D eigenvalue weighted by Crippen LogP contribution is 2.37. The van der Waals surface area contributed by atoms with E-state index < -0.39 is 47.0 Å². The second-order valence-corrected chi connectivity index (χ2v) is 7.90. The predicted molar refractivity (Wildman–Crippen MR) is 103 cm³/mol. The lowest BCUT2D eigenvalue weighted by atomic mass is 9.81. The van der Waals surface area contributed by atoms with Crippen LogP contribution in [-0.4, -0.2) is 22.6 Å². The number of carbonyl (C=O) groups is 1. The second kappa shape index (κ2) is 9.48. The van der Waals surface area contributed by atoms with Crippen molar-refractivity contribution in [3.05, 3.63) is 65.0 Å². The van der Waals surface area contributed by atoms with Crippen LogP contribution in [0.5, 0.6) is 0 Å². The topological polar surface area (TPSA) is 62.2 Å². The molecule has 1 fully saturated rings. The maximum absolute atomic E-state index is 13.6. The first-order chi connectivity index (χ1) is 15.0. The van der Waals surface area contributed by atoms with Crippen molar-refractivity contribution < 1.29 is 36.2 Å². The molecular weight excluding hydrogens is 438 g/mol. The summed E-state index contributed by atoms with van der Waals surface area (Å²) in [5, 5.41) is 11.8. The fourth-order valence-electron chi connectivity index (χ4n) is 3.93. The first kappa shape index (κ1) is 24.0. The van der Waals surface area contributed by atoms with Gasteiger partial charge in [-0.25, -0.2) is 0 Å². The lowest BCUT2D eigenvalue weighted by molar-refractivity contribution is -0.139. The standard InChI is InChI=1S/C22H22F6N2O2/c23-21(24,25)16-9-7-14(8-10-16)18(19-17(22(26,27)28)2-1-11-29-19)30-20(32)15-5-3-13(12-31)4-6-15/h1-2,7-11,13,15,18,31H,3-6,12H2,(H,30,32)/t13-,15+,18-/m0/s1. The highest BCUT2D eigenvalue weighted by molar-refractivity contribution is 5.79. The number of aliphatic hydroxyl groups is 1. The van der Waals surface area contributed by atoms with Gasteiger partial charge in [-0.1, -0.05) is 12.1 Å². The van der Waals surface area contributed by atoms with Gasteiger partial charge in [0.1, 0.15) is 0 Å². The van der Waals surface area contributed by atoms with Gasteiger partial charge in [-0.15, -0.1) is 0 Å². The van der Waals surface area contributed by atoms with Gasteiger partial charge in [0.2, 0.25) is 5.91 Å². The summed E-state index contributed by atoms with van der Waals surface area (Å²) in [4.78, 5) is 16.7. The Balaban J connectivity index is 1.95. The molecule has 0 aliphatic heterocycles. The molecule has 2 aromatic rings. The Kier molecular flexibility index (Phi) is 7.12. The Hall–Kier alpha value is -2.62. The van der Waals surface area contributed by atoms with E-state index in [1.165, 1.54) is 0 Å². The summed E-state index contributed by atoms with van der Waals surface area (Å²) in [7, 11) is 0. The van der Waals surface area contributed by atoms with Crippen molar-refractivity contribution in [3.63, 3.8) is 0 Å². The average molecular weight is 460 g/mol. The van der Waals surface area contributed by atoms with Gasteiger partial charge < -0.3 is 10.4 Å². The molecule has 1 aliphatic carbocycles. The lowest BCUT2D eigenvalue weighted by Gasteiger charge is -2.29. The highest BCUT2D eigenvalue weighted by Gasteiger charge is 2.38. The molecule has 0 spiro atoms. The molecule has 3 rings (SSSR count). The van der Waals surface area contributed by atoms with Crippen LogP contribution in [0.15, 0.2) is 42.6 Å². The fourth-order valence-corrected chi connectivity index (χ4v) is 3.93. The zero-order valence-corrected chi connectivity index (χ0v) is 16.9. The van der Waals surface area contributed by atoms with E-state index in [0.717, 1.165) is 42.6 Å². The molecule has 174 valence electrons.